The molecule has 5 nitrogen and oxygen atoms in total. The van der Waals surface area contributed by atoms with Crippen LogP contribution < -0.4 is 5.32 Å². The molecule has 0 bridgehead atoms. The molecule has 0 atom stereocenters. The molecular formula is C15H24N4O. The lowest BCUT2D eigenvalue weighted by Gasteiger charge is -2.45. The van der Waals surface area contributed by atoms with E-state index < -0.39 is 0 Å². The summed E-state index contributed by atoms with van der Waals surface area (Å²) in [6.45, 7) is 9.55. The molecule has 0 unspecified atom stereocenters. The number of likely N-dealkylation sites (N-methyl/N-ethyl adjacent to an activating group) is 1. The molecule has 0 spiro atoms. The molecule has 1 amide bonds. The van der Waals surface area contributed by atoms with Crippen LogP contribution in [-0.2, 0) is 0 Å². The monoisotopic (exact) mass is 276 g/mol. The number of aromatic nitrogens is 1. The number of nitrogens with one attached hydrogen (secondary N) is 1. The van der Waals surface area contributed by atoms with E-state index in [9.17, 15) is 4.79 Å². The molecule has 110 valence electrons. The van der Waals surface area contributed by atoms with Crippen LogP contribution in [-0.4, -0.2) is 59.5 Å². The van der Waals surface area contributed by atoms with E-state index in [2.05, 4.69) is 36.1 Å². The molecule has 2 heterocycles. The average Bonchev–Trinajstić information content (AvgIpc) is 2.42. The van der Waals surface area contributed by atoms with Gasteiger partial charge in [0.2, 0.25) is 0 Å². The van der Waals surface area contributed by atoms with E-state index in [-0.39, 0.29) is 11.4 Å². The van der Waals surface area contributed by atoms with Gasteiger partial charge in [-0.3, -0.25) is 14.7 Å². The molecule has 0 saturated carbocycles. The highest BCUT2D eigenvalue weighted by molar-refractivity contribution is 5.99. The highest BCUT2D eigenvalue weighted by atomic mass is 16.2. The number of carbonyl (C=O) groups excluding carboxylic acids is 1. The normalized spacial score (nSPS) is 18.9. The van der Waals surface area contributed by atoms with Crippen molar-refractivity contribution in [1.82, 2.24) is 14.8 Å². The van der Waals surface area contributed by atoms with Crippen molar-refractivity contribution in [3.05, 3.63) is 24.0 Å². The zero-order valence-electron chi connectivity index (χ0n) is 12.8. The summed E-state index contributed by atoms with van der Waals surface area (Å²) in [6.07, 6.45) is 3.40. The second kappa shape index (κ2) is 5.79. The van der Waals surface area contributed by atoms with E-state index in [0.29, 0.717) is 5.56 Å². The number of anilines is 1. The van der Waals surface area contributed by atoms with E-state index in [1.165, 1.54) is 0 Å². The van der Waals surface area contributed by atoms with Crippen molar-refractivity contribution >= 4 is 11.6 Å². The van der Waals surface area contributed by atoms with Crippen molar-refractivity contribution in [3.63, 3.8) is 0 Å². The molecule has 0 radical (unpaired) electrons. The molecule has 5 heteroatoms. The van der Waals surface area contributed by atoms with E-state index in [4.69, 9.17) is 0 Å². The Labute approximate surface area is 121 Å². The van der Waals surface area contributed by atoms with E-state index in [0.717, 1.165) is 31.9 Å². The van der Waals surface area contributed by atoms with Crippen molar-refractivity contribution < 1.29 is 4.79 Å². The Balaban J connectivity index is 2.20. The van der Waals surface area contributed by atoms with Gasteiger partial charge in [-0.1, -0.05) is 0 Å². The number of rotatable bonds is 3. The first-order valence-electron chi connectivity index (χ1n) is 7.14. The molecule has 20 heavy (non-hydrogen) atoms. The lowest BCUT2D eigenvalue weighted by atomic mass is 9.99. The zero-order chi connectivity index (χ0) is 14.8. The Morgan fingerprint density at radius 1 is 1.45 bits per heavy atom. The lowest BCUT2D eigenvalue weighted by Crippen LogP contribution is -2.58. The van der Waals surface area contributed by atoms with Crippen molar-refractivity contribution in [3.8, 4) is 0 Å². The number of carbonyl (C=O) groups is 1. The van der Waals surface area contributed by atoms with Crippen molar-refractivity contribution in [2.75, 3.05) is 38.5 Å². The summed E-state index contributed by atoms with van der Waals surface area (Å²) >= 11 is 0. The summed E-state index contributed by atoms with van der Waals surface area (Å²) in [6, 6.07) is 1.80. The SMILES string of the molecule is CCNc1cnccc1C(=O)N1CCN(C)C(C)(C)C1. The molecule has 0 aliphatic carbocycles. The van der Waals surface area contributed by atoms with Crippen LogP contribution in [0.2, 0.25) is 0 Å². The van der Waals surface area contributed by atoms with E-state index in [1.54, 1.807) is 18.5 Å². The van der Waals surface area contributed by atoms with Gasteiger partial charge < -0.3 is 10.2 Å². The van der Waals surface area contributed by atoms with Gasteiger partial charge in [0.05, 0.1) is 17.4 Å². The second-order valence-electron chi connectivity index (χ2n) is 5.91. The smallest absolute Gasteiger partial charge is 0.256 e. The Bertz CT molecular complexity index is 487. The molecule has 1 saturated heterocycles. The van der Waals surface area contributed by atoms with Crippen LogP contribution in [0.15, 0.2) is 18.5 Å². The molecular weight excluding hydrogens is 252 g/mol. The summed E-state index contributed by atoms with van der Waals surface area (Å²) in [5.41, 5.74) is 1.54. The maximum absolute atomic E-state index is 12.7. The maximum Gasteiger partial charge on any atom is 0.256 e. The van der Waals surface area contributed by atoms with Crippen LogP contribution in [0.4, 0.5) is 5.69 Å². The Morgan fingerprint density at radius 3 is 2.85 bits per heavy atom. The first-order chi connectivity index (χ1) is 9.45. The summed E-state index contributed by atoms with van der Waals surface area (Å²) in [7, 11) is 2.11. The Hall–Kier alpha value is -1.62. The van der Waals surface area contributed by atoms with Gasteiger partial charge in [0.25, 0.3) is 5.91 Å². The molecule has 1 aliphatic rings. The number of hydrogen-bond donors (Lipinski definition) is 1. The fourth-order valence-electron chi connectivity index (χ4n) is 2.50. The summed E-state index contributed by atoms with van der Waals surface area (Å²) in [5, 5.41) is 3.21. The van der Waals surface area contributed by atoms with Gasteiger partial charge in [0, 0.05) is 37.9 Å². The number of nitrogens with zero attached hydrogens (tertiary/aromatic N) is 3. The van der Waals surface area contributed by atoms with Gasteiger partial charge in [-0.15, -0.1) is 0 Å². The minimum atomic E-state index is 0.0132. The third-order valence-electron chi connectivity index (χ3n) is 4.02. The van der Waals surface area contributed by atoms with Gasteiger partial charge in [-0.05, 0) is 33.9 Å². The van der Waals surface area contributed by atoms with Crippen molar-refractivity contribution in [1.29, 1.82) is 0 Å². The van der Waals surface area contributed by atoms with Crippen LogP contribution in [0.5, 0.6) is 0 Å². The minimum absolute atomic E-state index is 0.0132. The largest absolute Gasteiger partial charge is 0.383 e. The molecule has 1 fully saturated rings. The standard InChI is InChI=1S/C15H24N4O/c1-5-17-13-10-16-7-6-12(13)14(20)19-9-8-18(4)15(2,3)11-19/h6-7,10,17H,5,8-9,11H2,1-4H3. The number of piperazine rings is 1. The summed E-state index contributed by atoms with van der Waals surface area (Å²) in [4.78, 5) is 21.1. The number of hydrogen-bond acceptors (Lipinski definition) is 4. The lowest BCUT2D eigenvalue weighted by molar-refractivity contribution is 0.0312. The predicted octanol–water partition coefficient (Wildman–Crippen LogP) is 1.68. The molecule has 0 aromatic carbocycles. The molecule has 1 N–H and O–H groups in total. The third-order valence-corrected chi connectivity index (χ3v) is 4.02. The molecule has 2 rings (SSSR count). The van der Waals surface area contributed by atoms with Gasteiger partial charge in [0.15, 0.2) is 0 Å². The van der Waals surface area contributed by atoms with Gasteiger partial charge in [-0.25, -0.2) is 0 Å². The first-order valence-corrected chi connectivity index (χ1v) is 7.14. The topological polar surface area (TPSA) is 48.5 Å². The van der Waals surface area contributed by atoms with Crippen LogP contribution in [0.3, 0.4) is 0 Å². The quantitative estimate of drug-likeness (QED) is 0.912. The number of amides is 1. The predicted molar refractivity (Wildman–Crippen MR) is 81.0 cm³/mol. The first kappa shape index (κ1) is 14.8. The van der Waals surface area contributed by atoms with Crippen molar-refractivity contribution in [2.24, 2.45) is 0 Å². The van der Waals surface area contributed by atoms with E-state index in [1.807, 2.05) is 11.8 Å². The fraction of sp³-hybridized carbons (Fsp3) is 0.600. The maximum atomic E-state index is 12.7. The van der Waals surface area contributed by atoms with Gasteiger partial charge in [0.1, 0.15) is 0 Å². The highest BCUT2D eigenvalue weighted by Gasteiger charge is 2.34. The summed E-state index contributed by atoms with van der Waals surface area (Å²) in [5.74, 6) is 0.0875. The minimum Gasteiger partial charge on any atom is -0.383 e. The highest BCUT2D eigenvalue weighted by Crippen LogP contribution is 2.22. The van der Waals surface area contributed by atoms with Crippen LogP contribution in [0.1, 0.15) is 31.1 Å². The van der Waals surface area contributed by atoms with Gasteiger partial charge >= 0.3 is 0 Å². The zero-order valence-corrected chi connectivity index (χ0v) is 12.8. The van der Waals surface area contributed by atoms with E-state index >= 15 is 0 Å². The fourth-order valence-corrected chi connectivity index (χ4v) is 2.50. The third kappa shape index (κ3) is 2.93. The summed E-state index contributed by atoms with van der Waals surface area (Å²) < 4.78 is 0. The Morgan fingerprint density at radius 2 is 2.20 bits per heavy atom. The van der Waals surface area contributed by atoms with Crippen LogP contribution in [0, 0.1) is 0 Å². The number of pyridine rings is 1. The second-order valence-corrected chi connectivity index (χ2v) is 5.91. The van der Waals surface area contributed by atoms with Crippen LogP contribution >= 0.6 is 0 Å². The molecule has 1 aromatic rings. The van der Waals surface area contributed by atoms with Gasteiger partial charge in [-0.2, -0.15) is 0 Å². The Kier molecular flexibility index (Phi) is 4.28. The molecule has 1 aromatic heterocycles. The van der Waals surface area contributed by atoms with Crippen molar-refractivity contribution in [2.45, 2.75) is 26.3 Å². The van der Waals surface area contributed by atoms with Crippen LogP contribution in [0.25, 0.3) is 0 Å². The average molecular weight is 276 g/mol. The molecule has 1 aliphatic heterocycles.